The minimum Gasteiger partial charge on any atom is -0.381 e. The van der Waals surface area contributed by atoms with Gasteiger partial charge in [-0.05, 0) is 55.8 Å². The summed E-state index contributed by atoms with van der Waals surface area (Å²) in [5, 5.41) is 3.53. The Morgan fingerprint density at radius 1 is 1.20 bits per heavy atom. The number of hydrogen-bond donors (Lipinski definition) is 1. The number of benzene rings is 1. The summed E-state index contributed by atoms with van der Waals surface area (Å²) in [6, 6.07) is 4.05. The second-order valence-corrected chi connectivity index (χ2v) is 5.49. The maximum atomic E-state index is 13.3. The molecule has 0 spiro atoms. The van der Waals surface area contributed by atoms with Crippen molar-refractivity contribution < 1.29 is 13.5 Å². The van der Waals surface area contributed by atoms with Gasteiger partial charge in [-0.1, -0.05) is 6.92 Å². The molecule has 4 heteroatoms. The van der Waals surface area contributed by atoms with Crippen LogP contribution in [0.3, 0.4) is 0 Å². The van der Waals surface area contributed by atoms with Gasteiger partial charge in [0.05, 0.1) is 0 Å². The van der Waals surface area contributed by atoms with Crippen molar-refractivity contribution in [2.45, 2.75) is 38.6 Å². The molecule has 2 rings (SSSR count). The van der Waals surface area contributed by atoms with Crippen molar-refractivity contribution >= 4 is 0 Å². The van der Waals surface area contributed by atoms with Crippen molar-refractivity contribution in [1.29, 1.82) is 0 Å². The second-order valence-electron chi connectivity index (χ2n) is 5.49. The van der Waals surface area contributed by atoms with E-state index in [0.717, 1.165) is 50.7 Å². The van der Waals surface area contributed by atoms with Crippen LogP contribution in [0.2, 0.25) is 0 Å². The molecule has 0 aliphatic carbocycles. The van der Waals surface area contributed by atoms with Crippen LogP contribution in [0.1, 0.15) is 31.7 Å². The first-order valence-electron chi connectivity index (χ1n) is 7.45. The minimum absolute atomic E-state index is 0.264. The molecule has 0 radical (unpaired) electrons. The molecule has 1 unspecified atom stereocenters. The van der Waals surface area contributed by atoms with Gasteiger partial charge in [0.25, 0.3) is 0 Å². The fraction of sp³-hybridized carbons (Fsp3) is 0.625. The third kappa shape index (κ3) is 4.53. The first-order valence-corrected chi connectivity index (χ1v) is 7.45. The van der Waals surface area contributed by atoms with Gasteiger partial charge in [0.15, 0.2) is 0 Å². The van der Waals surface area contributed by atoms with Crippen LogP contribution in [-0.4, -0.2) is 25.8 Å². The van der Waals surface area contributed by atoms with Gasteiger partial charge in [0, 0.05) is 25.3 Å². The van der Waals surface area contributed by atoms with E-state index in [1.54, 1.807) is 0 Å². The van der Waals surface area contributed by atoms with Gasteiger partial charge in [0.1, 0.15) is 11.6 Å². The van der Waals surface area contributed by atoms with Crippen molar-refractivity contribution in [3.05, 3.63) is 35.4 Å². The minimum atomic E-state index is -0.499. The van der Waals surface area contributed by atoms with Gasteiger partial charge in [-0.15, -0.1) is 0 Å². The molecule has 1 aromatic rings. The highest BCUT2D eigenvalue weighted by molar-refractivity contribution is 5.19. The Labute approximate surface area is 119 Å². The Balaban J connectivity index is 2.05. The second kappa shape index (κ2) is 7.70. The molecular weight excluding hydrogens is 260 g/mol. The van der Waals surface area contributed by atoms with E-state index in [2.05, 4.69) is 12.2 Å². The average Bonchev–Trinajstić information content (AvgIpc) is 2.43. The molecule has 0 saturated carbocycles. The Hall–Kier alpha value is -1.00. The summed E-state index contributed by atoms with van der Waals surface area (Å²) in [7, 11) is 0. The lowest BCUT2D eigenvalue weighted by Gasteiger charge is -2.31. The molecular formula is C16H23F2NO. The van der Waals surface area contributed by atoms with Crippen LogP contribution >= 0.6 is 0 Å². The van der Waals surface area contributed by atoms with E-state index in [9.17, 15) is 8.78 Å². The summed E-state index contributed by atoms with van der Waals surface area (Å²) in [6.45, 7) is 4.62. The van der Waals surface area contributed by atoms with Crippen LogP contribution in [0, 0.1) is 17.6 Å². The first kappa shape index (κ1) is 15.4. The maximum absolute atomic E-state index is 13.3. The van der Waals surface area contributed by atoms with E-state index >= 15 is 0 Å². The van der Waals surface area contributed by atoms with E-state index in [1.165, 1.54) is 12.1 Å². The highest BCUT2D eigenvalue weighted by Gasteiger charge is 2.24. The highest BCUT2D eigenvalue weighted by atomic mass is 19.1. The molecule has 1 heterocycles. The Bertz CT molecular complexity index is 399. The highest BCUT2D eigenvalue weighted by Crippen LogP contribution is 2.22. The summed E-state index contributed by atoms with van der Waals surface area (Å²) in [5.74, 6) is -0.482. The molecule has 1 saturated heterocycles. The molecule has 112 valence electrons. The molecule has 1 N–H and O–H groups in total. The Morgan fingerprint density at radius 3 is 2.45 bits per heavy atom. The zero-order valence-corrected chi connectivity index (χ0v) is 12.0. The SMILES string of the molecule is CCCNC(Cc1cc(F)cc(F)c1)C1CCOCC1. The van der Waals surface area contributed by atoms with E-state index in [0.29, 0.717) is 12.3 Å². The molecule has 1 aliphatic rings. The van der Waals surface area contributed by atoms with Crippen LogP contribution in [0.5, 0.6) is 0 Å². The Morgan fingerprint density at radius 2 is 1.85 bits per heavy atom. The summed E-state index contributed by atoms with van der Waals surface area (Å²) in [6.07, 6.45) is 3.74. The monoisotopic (exact) mass is 283 g/mol. The Kier molecular flexibility index (Phi) is 5.92. The van der Waals surface area contributed by atoms with Gasteiger partial charge >= 0.3 is 0 Å². The molecule has 2 nitrogen and oxygen atoms in total. The van der Waals surface area contributed by atoms with Crippen LogP contribution in [0.4, 0.5) is 8.78 Å². The lowest BCUT2D eigenvalue weighted by molar-refractivity contribution is 0.0537. The van der Waals surface area contributed by atoms with Gasteiger partial charge in [-0.3, -0.25) is 0 Å². The molecule has 1 aromatic carbocycles. The molecule has 1 aliphatic heterocycles. The predicted molar refractivity (Wildman–Crippen MR) is 75.7 cm³/mol. The predicted octanol–water partition coefficient (Wildman–Crippen LogP) is 3.30. The molecule has 20 heavy (non-hydrogen) atoms. The first-order chi connectivity index (χ1) is 9.69. The van der Waals surface area contributed by atoms with Crippen LogP contribution < -0.4 is 5.32 Å². The number of hydrogen-bond acceptors (Lipinski definition) is 2. The largest absolute Gasteiger partial charge is 0.381 e. The standard InChI is InChI=1S/C16H23F2NO/c1-2-5-19-16(13-3-6-20-7-4-13)10-12-8-14(17)11-15(18)9-12/h8-9,11,13,16,19H,2-7,10H2,1H3. The summed E-state index contributed by atoms with van der Waals surface area (Å²) >= 11 is 0. The lowest BCUT2D eigenvalue weighted by atomic mass is 9.87. The van der Waals surface area contributed by atoms with Crippen LogP contribution in [0.15, 0.2) is 18.2 Å². The molecule has 0 bridgehead atoms. The van der Waals surface area contributed by atoms with Crippen molar-refractivity contribution in [2.24, 2.45) is 5.92 Å². The molecule has 0 aromatic heterocycles. The third-order valence-corrected chi connectivity index (χ3v) is 3.87. The van der Waals surface area contributed by atoms with Crippen molar-refractivity contribution in [3.8, 4) is 0 Å². The zero-order chi connectivity index (χ0) is 14.4. The maximum Gasteiger partial charge on any atom is 0.126 e. The van der Waals surface area contributed by atoms with Crippen LogP contribution in [-0.2, 0) is 11.2 Å². The van der Waals surface area contributed by atoms with Gasteiger partial charge in [0.2, 0.25) is 0 Å². The van der Waals surface area contributed by atoms with Gasteiger partial charge in [-0.2, -0.15) is 0 Å². The molecule has 0 amide bonds. The lowest BCUT2D eigenvalue weighted by Crippen LogP contribution is -2.41. The average molecular weight is 283 g/mol. The number of rotatable bonds is 6. The summed E-state index contributed by atoms with van der Waals surface area (Å²) in [4.78, 5) is 0. The van der Waals surface area contributed by atoms with Crippen LogP contribution in [0.25, 0.3) is 0 Å². The zero-order valence-electron chi connectivity index (χ0n) is 12.0. The van der Waals surface area contributed by atoms with Crippen molar-refractivity contribution in [1.82, 2.24) is 5.32 Å². The summed E-state index contributed by atoms with van der Waals surface area (Å²) in [5.41, 5.74) is 0.725. The number of ether oxygens (including phenoxy) is 1. The topological polar surface area (TPSA) is 21.3 Å². The smallest absolute Gasteiger partial charge is 0.126 e. The van der Waals surface area contributed by atoms with Gasteiger partial charge in [-0.25, -0.2) is 8.78 Å². The number of halogens is 2. The summed E-state index contributed by atoms with van der Waals surface area (Å²) < 4.78 is 32.0. The van der Waals surface area contributed by atoms with E-state index in [1.807, 2.05) is 0 Å². The van der Waals surface area contributed by atoms with Gasteiger partial charge < -0.3 is 10.1 Å². The van der Waals surface area contributed by atoms with Crippen molar-refractivity contribution in [2.75, 3.05) is 19.8 Å². The fourth-order valence-corrected chi connectivity index (χ4v) is 2.84. The van der Waals surface area contributed by atoms with E-state index in [-0.39, 0.29) is 6.04 Å². The van der Waals surface area contributed by atoms with E-state index in [4.69, 9.17) is 4.74 Å². The van der Waals surface area contributed by atoms with Crippen molar-refractivity contribution in [3.63, 3.8) is 0 Å². The normalized spacial score (nSPS) is 18.1. The van der Waals surface area contributed by atoms with E-state index < -0.39 is 11.6 Å². The molecule has 1 fully saturated rings. The number of nitrogens with one attached hydrogen (secondary N) is 1. The fourth-order valence-electron chi connectivity index (χ4n) is 2.84. The third-order valence-electron chi connectivity index (χ3n) is 3.87. The quantitative estimate of drug-likeness (QED) is 0.865. The molecule has 1 atom stereocenters.